The average Bonchev–Trinajstić information content (AvgIpc) is 2.73. The van der Waals surface area contributed by atoms with Crippen molar-refractivity contribution in [2.24, 2.45) is 0 Å². The van der Waals surface area contributed by atoms with Crippen LogP contribution < -0.4 is 10.6 Å². The largest absolute Gasteiger partial charge is 0.321 e. The number of amides is 2. The van der Waals surface area contributed by atoms with Crippen molar-refractivity contribution in [2.75, 3.05) is 10.6 Å². The van der Waals surface area contributed by atoms with E-state index in [1.807, 2.05) is 24.3 Å². The molecule has 0 atom stereocenters. The van der Waals surface area contributed by atoms with Gasteiger partial charge in [0.2, 0.25) is 0 Å². The van der Waals surface area contributed by atoms with Gasteiger partial charge < -0.3 is 10.6 Å². The van der Waals surface area contributed by atoms with Crippen LogP contribution >= 0.6 is 0 Å². The van der Waals surface area contributed by atoms with Gasteiger partial charge in [-0.15, -0.1) is 0 Å². The van der Waals surface area contributed by atoms with Crippen molar-refractivity contribution in [3.05, 3.63) is 89.7 Å². The molecular weight excluding hydrogens is 350 g/mol. The minimum atomic E-state index is -0.307. The smallest absolute Gasteiger partial charge is 0.257 e. The number of aromatic nitrogens is 1. The lowest BCUT2D eigenvalue weighted by molar-refractivity contribution is 0.102. The van der Waals surface area contributed by atoms with Crippen molar-refractivity contribution >= 4 is 23.2 Å². The monoisotopic (exact) mass is 373 g/mol. The van der Waals surface area contributed by atoms with Crippen molar-refractivity contribution in [3.8, 4) is 0 Å². The van der Waals surface area contributed by atoms with Crippen LogP contribution in [0.2, 0.25) is 0 Å². The lowest BCUT2D eigenvalue weighted by Gasteiger charge is -2.11. The maximum atomic E-state index is 12.6. The summed E-state index contributed by atoms with van der Waals surface area (Å²) in [6, 6.07) is 18.0. The molecule has 5 heteroatoms. The van der Waals surface area contributed by atoms with E-state index in [0.717, 1.165) is 19.3 Å². The van der Waals surface area contributed by atoms with Gasteiger partial charge in [0, 0.05) is 11.8 Å². The summed E-state index contributed by atoms with van der Waals surface area (Å²) in [7, 11) is 0. The number of pyridine rings is 1. The lowest BCUT2D eigenvalue weighted by Crippen LogP contribution is -2.18. The quantitative estimate of drug-likeness (QED) is 0.617. The molecule has 0 radical (unpaired) electrons. The molecule has 0 aliphatic carbocycles. The van der Waals surface area contributed by atoms with E-state index in [1.165, 1.54) is 5.56 Å². The van der Waals surface area contributed by atoms with Crippen molar-refractivity contribution in [3.63, 3.8) is 0 Å². The highest BCUT2D eigenvalue weighted by Crippen LogP contribution is 2.18. The lowest BCUT2D eigenvalue weighted by atomic mass is 10.1. The van der Waals surface area contributed by atoms with Crippen molar-refractivity contribution in [1.82, 2.24) is 4.98 Å². The number of para-hydroxylation sites is 1. The van der Waals surface area contributed by atoms with Crippen LogP contribution in [0.3, 0.4) is 0 Å². The third-order valence-corrected chi connectivity index (χ3v) is 4.37. The Kier molecular flexibility index (Phi) is 6.52. The molecule has 28 heavy (non-hydrogen) atoms. The van der Waals surface area contributed by atoms with Gasteiger partial charge in [0.05, 0.1) is 23.1 Å². The van der Waals surface area contributed by atoms with Crippen LogP contribution in [0, 0.1) is 0 Å². The first-order valence-corrected chi connectivity index (χ1v) is 9.38. The maximum Gasteiger partial charge on any atom is 0.257 e. The molecule has 3 aromatic rings. The second-order valence-corrected chi connectivity index (χ2v) is 6.50. The summed E-state index contributed by atoms with van der Waals surface area (Å²) in [6.45, 7) is 2.16. The van der Waals surface area contributed by atoms with Gasteiger partial charge in [-0.3, -0.25) is 14.6 Å². The SMILES string of the molecule is CCCCc1ccc(C(=O)Nc2ccccc2C(=O)Nc2cccnc2)cc1. The molecule has 0 bridgehead atoms. The van der Waals surface area contributed by atoms with Gasteiger partial charge in [-0.1, -0.05) is 37.6 Å². The van der Waals surface area contributed by atoms with Crippen LogP contribution in [0.5, 0.6) is 0 Å². The van der Waals surface area contributed by atoms with E-state index >= 15 is 0 Å². The molecule has 0 saturated carbocycles. The molecule has 1 aromatic heterocycles. The second-order valence-electron chi connectivity index (χ2n) is 6.50. The molecule has 1 heterocycles. The summed E-state index contributed by atoms with van der Waals surface area (Å²) in [4.78, 5) is 29.2. The minimum absolute atomic E-state index is 0.247. The standard InChI is InChI=1S/C23H23N3O2/c1-2-3-7-17-11-13-18(14-12-17)22(27)26-21-10-5-4-9-20(21)23(28)25-19-8-6-15-24-16-19/h4-6,8-16H,2-3,7H2,1H3,(H,25,28)(H,26,27). The van der Waals surface area contributed by atoms with E-state index in [0.29, 0.717) is 22.5 Å². The highest BCUT2D eigenvalue weighted by molar-refractivity contribution is 6.12. The predicted octanol–water partition coefficient (Wildman–Crippen LogP) is 4.93. The normalized spacial score (nSPS) is 10.3. The summed E-state index contributed by atoms with van der Waals surface area (Å²) in [5, 5.41) is 5.63. The topological polar surface area (TPSA) is 71.1 Å². The third kappa shape index (κ3) is 5.04. The number of rotatable bonds is 7. The highest BCUT2D eigenvalue weighted by Gasteiger charge is 2.14. The van der Waals surface area contributed by atoms with Gasteiger partial charge in [0.25, 0.3) is 11.8 Å². The molecule has 5 nitrogen and oxygen atoms in total. The van der Waals surface area contributed by atoms with E-state index in [2.05, 4.69) is 22.5 Å². The minimum Gasteiger partial charge on any atom is -0.321 e. The van der Waals surface area contributed by atoms with Crippen molar-refractivity contribution < 1.29 is 9.59 Å². The van der Waals surface area contributed by atoms with E-state index in [4.69, 9.17) is 0 Å². The fourth-order valence-corrected chi connectivity index (χ4v) is 2.82. The van der Waals surface area contributed by atoms with Crippen LogP contribution in [0.15, 0.2) is 73.1 Å². The van der Waals surface area contributed by atoms with Gasteiger partial charge in [-0.2, -0.15) is 0 Å². The van der Waals surface area contributed by atoms with Crippen LogP contribution in [-0.2, 0) is 6.42 Å². The van der Waals surface area contributed by atoms with E-state index in [1.54, 1.807) is 48.8 Å². The van der Waals surface area contributed by atoms with Gasteiger partial charge >= 0.3 is 0 Å². The number of anilines is 2. The Morgan fingerprint density at radius 2 is 1.68 bits per heavy atom. The molecule has 2 N–H and O–H groups in total. The molecule has 2 amide bonds. The zero-order valence-corrected chi connectivity index (χ0v) is 15.8. The molecule has 0 fully saturated rings. The maximum absolute atomic E-state index is 12.6. The van der Waals surface area contributed by atoms with Gasteiger partial charge in [0.15, 0.2) is 0 Å². The number of hydrogen-bond acceptors (Lipinski definition) is 3. The summed E-state index contributed by atoms with van der Waals surface area (Å²) < 4.78 is 0. The second kappa shape index (κ2) is 9.46. The molecule has 3 rings (SSSR count). The summed E-state index contributed by atoms with van der Waals surface area (Å²) >= 11 is 0. The fourth-order valence-electron chi connectivity index (χ4n) is 2.82. The number of carbonyl (C=O) groups excluding carboxylic acids is 2. The number of aryl methyl sites for hydroxylation is 1. The summed E-state index contributed by atoms with van der Waals surface area (Å²) in [5.41, 5.74) is 3.22. The number of nitrogens with one attached hydrogen (secondary N) is 2. The molecule has 0 saturated heterocycles. The Balaban J connectivity index is 1.72. The predicted molar refractivity (Wildman–Crippen MR) is 112 cm³/mol. The molecule has 142 valence electrons. The van der Waals surface area contributed by atoms with Gasteiger partial charge in [-0.05, 0) is 54.8 Å². The highest BCUT2D eigenvalue weighted by atomic mass is 16.2. The molecule has 0 unspecified atom stereocenters. The molecule has 0 aliphatic heterocycles. The van der Waals surface area contributed by atoms with Crippen molar-refractivity contribution in [1.29, 1.82) is 0 Å². The average molecular weight is 373 g/mol. The number of unbranched alkanes of at least 4 members (excludes halogenated alkanes) is 1. The van der Waals surface area contributed by atoms with Crippen LogP contribution in [0.1, 0.15) is 46.0 Å². The zero-order valence-electron chi connectivity index (χ0n) is 15.8. The van der Waals surface area contributed by atoms with Crippen LogP contribution in [0.25, 0.3) is 0 Å². The van der Waals surface area contributed by atoms with Crippen LogP contribution in [0.4, 0.5) is 11.4 Å². The Morgan fingerprint density at radius 1 is 0.893 bits per heavy atom. The Hall–Kier alpha value is -3.47. The zero-order chi connectivity index (χ0) is 19.8. The van der Waals surface area contributed by atoms with E-state index < -0.39 is 0 Å². The van der Waals surface area contributed by atoms with Gasteiger partial charge in [-0.25, -0.2) is 0 Å². The number of carbonyl (C=O) groups is 2. The third-order valence-electron chi connectivity index (χ3n) is 4.37. The van der Waals surface area contributed by atoms with E-state index in [9.17, 15) is 9.59 Å². The van der Waals surface area contributed by atoms with E-state index in [-0.39, 0.29) is 11.8 Å². The molecule has 2 aromatic carbocycles. The molecule has 0 spiro atoms. The fraction of sp³-hybridized carbons (Fsp3) is 0.174. The number of benzene rings is 2. The Morgan fingerprint density at radius 3 is 2.39 bits per heavy atom. The van der Waals surface area contributed by atoms with Gasteiger partial charge in [0.1, 0.15) is 0 Å². The Bertz CT molecular complexity index is 938. The summed E-state index contributed by atoms with van der Waals surface area (Å²) in [6.07, 6.45) is 6.48. The first-order valence-electron chi connectivity index (χ1n) is 9.38. The Labute approximate surface area is 164 Å². The first kappa shape index (κ1) is 19.3. The number of nitrogens with zero attached hydrogens (tertiary/aromatic N) is 1. The summed E-state index contributed by atoms with van der Waals surface area (Å²) in [5.74, 6) is -0.553. The van der Waals surface area contributed by atoms with Crippen molar-refractivity contribution in [2.45, 2.75) is 26.2 Å². The molecular formula is C23H23N3O2. The first-order chi connectivity index (χ1) is 13.7. The molecule has 0 aliphatic rings. The van der Waals surface area contributed by atoms with Crippen LogP contribution in [-0.4, -0.2) is 16.8 Å². The number of hydrogen-bond donors (Lipinski definition) is 2.